The number of carbonyl (C=O) groups is 1. The molecule has 0 spiro atoms. The van der Waals surface area contributed by atoms with Gasteiger partial charge in [-0.05, 0) is 37.2 Å². The molecule has 5 nitrogen and oxygen atoms in total. The summed E-state index contributed by atoms with van der Waals surface area (Å²) in [4.78, 5) is 12.0. The van der Waals surface area contributed by atoms with Crippen LogP contribution in [0.4, 0.5) is 5.69 Å². The highest BCUT2D eigenvalue weighted by atomic mass is 35.5. The Morgan fingerprint density at radius 2 is 2.30 bits per heavy atom. The van der Waals surface area contributed by atoms with E-state index in [9.17, 15) is 4.79 Å². The standard InChI is InChI=1S/C14H15ClN4O/c15-11-3-1-4-12(14(11)19-6-2-5-17-19)18-13(20)7-10-8-16-9-10/h1-6,10,16H,7-9H2,(H,18,20). The number of para-hydroxylation sites is 1. The maximum absolute atomic E-state index is 12.0. The van der Waals surface area contributed by atoms with Crippen LogP contribution < -0.4 is 10.6 Å². The third-order valence-electron chi connectivity index (χ3n) is 3.33. The molecule has 0 saturated carbocycles. The number of hydrogen-bond acceptors (Lipinski definition) is 3. The van der Waals surface area contributed by atoms with Gasteiger partial charge < -0.3 is 10.6 Å². The van der Waals surface area contributed by atoms with Crippen LogP contribution in [-0.4, -0.2) is 28.8 Å². The van der Waals surface area contributed by atoms with Gasteiger partial charge in [0, 0.05) is 18.8 Å². The molecule has 104 valence electrons. The third-order valence-corrected chi connectivity index (χ3v) is 3.64. The molecule has 0 unspecified atom stereocenters. The fraction of sp³-hybridized carbons (Fsp3) is 0.286. The van der Waals surface area contributed by atoms with Gasteiger partial charge >= 0.3 is 0 Å². The Morgan fingerprint density at radius 1 is 1.45 bits per heavy atom. The SMILES string of the molecule is O=C(CC1CNC1)Nc1cccc(Cl)c1-n1cccn1. The second-order valence-corrected chi connectivity index (χ2v) is 5.27. The van der Waals surface area contributed by atoms with Crippen LogP contribution in [0.25, 0.3) is 5.69 Å². The fourth-order valence-corrected chi connectivity index (χ4v) is 2.47. The molecule has 1 aliphatic heterocycles. The smallest absolute Gasteiger partial charge is 0.224 e. The number of anilines is 1. The van der Waals surface area contributed by atoms with Crippen LogP contribution in [-0.2, 0) is 4.79 Å². The lowest BCUT2D eigenvalue weighted by Gasteiger charge is -2.26. The molecule has 0 bridgehead atoms. The average molecular weight is 291 g/mol. The van der Waals surface area contributed by atoms with E-state index in [1.54, 1.807) is 23.1 Å². The first-order valence-corrected chi connectivity index (χ1v) is 6.91. The largest absolute Gasteiger partial charge is 0.324 e. The zero-order chi connectivity index (χ0) is 13.9. The van der Waals surface area contributed by atoms with E-state index in [0.717, 1.165) is 13.1 Å². The number of halogens is 1. The van der Waals surface area contributed by atoms with Gasteiger partial charge in [0.25, 0.3) is 0 Å². The first-order chi connectivity index (χ1) is 9.74. The zero-order valence-corrected chi connectivity index (χ0v) is 11.6. The maximum Gasteiger partial charge on any atom is 0.224 e. The molecule has 2 N–H and O–H groups in total. The molecule has 0 atom stereocenters. The summed E-state index contributed by atoms with van der Waals surface area (Å²) in [6.45, 7) is 1.82. The second kappa shape index (κ2) is 5.64. The van der Waals surface area contributed by atoms with Gasteiger partial charge in [0.1, 0.15) is 5.69 Å². The van der Waals surface area contributed by atoms with Crippen LogP contribution in [0.15, 0.2) is 36.7 Å². The van der Waals surface area contributed by atoms with Gasteiger partial charge in [-0.15, -0.1) is 0 Å². The predicted molar refractivity (Wildman–Crippen MR) is 78.2 cm³/mol. The van der Waals surface area contributed by atoms with Crippen molar-refractivity contribution < 1.29 is 4.79 Å². The van der Waals surface area contributed by atoms with Crippen molar-refractivity contribution >= 4 is 23.2 Å². The van der Waals surface area contributed by atoms with E-state index in [-0.39, 0.29) is 5.91 Å². The van der Waals surface area contributed by atoms with Crippen LogP contribution in [0, 0.1) is 5.92 Å². The Hall–Kier alpha value is -1.85. The molecule has 20 heavy (non-hydrogen) atoms. The number of aromatic nitrogens is 2. The van der Waals surface area contributed by atoms with Crippen molar-refractivity contribution in [2.75, 3.05) is 18.4 Å². The monoisotopic (exact) mass is 290 g/mol. The molecule has 1 aromatic heterocycles. The van der Waals surface area contributed by atoms with Gasteiger partial charge in [0.2, 0.25) is 5.91 Å². The Morgan fingerprint density at radius 3 is 2.95 bits per heavy atom. The van der Waals surface area contributed by atoms with E-state index < -0.39 is 0 Å². The van der Waals surface area contributed by atoms with Crippen molar-refractivity contribution in [1.82, 2.24) is 15.1 Å². The van der Waals surface area contributed by atoms with Crippen molar-refractivity contribution in [2.45, 2.75) is 6.42 Å². The minimum atomic E-state index is 0.00664. The highest BCUT2D eigenvalue weighted by molar-refractivity contribution is 6.33. The van der Waals surface area contributed by atoms with E-state index >= 15 is 0 Å². The summed E-state index contributed by atoms with van der Waals surface area (Å²) in [5, 5.41) is 10.8. The molecule has 2 aromatic rings. The summed E-state index contributed by atoms with van der Waals surface area (Å²) in [6, 6.07) is 7.24. The van der Waals surface area contributed by atoms with Crippen LogP contribution in [0.5, 0.6) is 0 Å². The van der Waals surface area contributed by atoms with E-state index in [1.807, 2.05) is 18.2 Å². The summed E-state index contributed by atoms with van der Waals surface area (Å²) in [7, 11) is 0. The molecule has 3 rings (SSSR count). The highest BCUT2D eigenvalue weighted by Crippen LogP contribution is 2.28. The highest BCUT2D eigenvalue weighted by Gasteiger charge is 2.21. The summed E-state index contributed by atoms with van der Waals surface area (Å²) in [5.41, 5.74) is 1.37. The molecule has 1 aliphatic rings. The van der Waals surface area contributed by atoms with Crippen molar-refractivity contribution in [3.05, 3.63) is 41.7 Å². The van der Waals surface area contributed by atoms with Crippen LogP contribution in [0.1, 0.15) is 6.42 Å². The minimum Gasteiger partial charge on any atom is -0.324 e. The molecule has 1 saturated heterocycles. The number of hydrogen-bond donors (Lipinski definition) is 2. The quantitative estimate of drug-likeness (QED) is 0.906. The number of rotatable bonds is 4. The number of carbonyl (C=O) groups excluding carboxylic acids is 1. The number of nitrogens with one attached hydrogen (secondary N) is 2. The third kappa shape index (κ3) is 2.69. The molecule has 0 radical (unpaired) electrons. The normalized spacial score (nSPS) is 14.8. The molecule has 6 heteroatoms. The van der Waals surface area contributed by atoms with Crippen molar-refractivity contribution in [1.29, 1.82) is 0 Å². The Bertz CT molecular complexity index is 608. The number of benzene rings is 1. The molecule has 0 aliphatic carbocycles. The molecule has 2 heterocycles. The number of amides is 1. The Balaban J connectivity index is 1.82. The number of nitrogens with zero attached hydrogens (tertiary/aromatic N) is 2. The molecule has 1 amide bonds. The summed E-state index contributed by atoms with van der Waals surface area (Å²) < 4.78 is 1.66. The van der Waals surface area contributed by atoms with Crippen molar-refractivity contribution in [2.24, 2.45) is 5.92 Å². The van der Waals surface area contributed by atoms with Gasteiger partial charge in [-0.1, -0.05) is 17.7 Å². The molecular weight excluding hydrogens is 276 g/mol. The van der Waals surface area contributed by atoms with E-state index in [0.29, 0.717) is 28.7 Å². The van der Waals surface area contributed by atoms with Crippen LogP contribution >= 0.6 is 11.6 Å². The molecule has 1 aromatic carbocycles. The molecule has 1 fully saturated rings. The minimum absolute atomic E-state index is 0.00664. The van der Waals surface area contributed by atoms with Gasteiger partial charge in [-0.2, -0.15) is 5.10 Å². The topological polar surface area (TPSA) is 59.0 Å². The van der Waals surface area contributed by atoms with Crippen molar-refractivity contribution in [3.63, 3.8) is 0 Å². The van der Waals surface area contributed by atoms with Gasteiger partial charge in [0.15, 0.2) is 0 Å². The maximum atomic E-state index is 12.0. The van der Waals surface area contributed by atoms with Gasteiger partial charge in [-0.25, -0.2) is 4.68 Å². The van der Waals surface area contributed by atoms with E-state index in [4.69, 9.17) is 11.6 Å². The lowest BCUT2D eigenvalue weighted by molar-refractivity contribution is -0.117. The first kappa shape index (κ1) is 13.1. The van der Waals surface area contributed by atoms with E-state index in [1.165, 1.54) is 0 Å². The summed E-state index contributed by atoms with van der Waals surface area (Å²) in [5.74, 6) is 0.439. The van der Waals surface area contributed by atoms with Crippen LogP contribution in [0.2, 0.25) is 5.02 Å². The van der Waals surface area contributed by atoms with Gasteiger partial charge in [0.05, 0.1) is 10.7 Å². The Labute approximate surface area is 121 Å². The fourth-order valence-electron chi connectivity index (χ4n) is 2.21. The lowest BCUT2D eigenvalue weighted by atomic mass is 9.99. The lowest BCUT2D eigenvalue weighted by Crippen LogP contribution is -2.43. The second-order valence-electron chi connectivity index (χ2n) is 4.86. The average Bonchev–Trinajstić information content (AvgIpc) is 2.88. The van der Waals surface area contributed by atoms with E-state index in [2.05, 4.69) is 15.7 Å². The first-order valence-electron chi connectivity index (χ1n) is 6.53. The summed E-state index contributed by atoms with van der Waals surface area (Å²) in [6.07, 6.45) is 4.00. The van der Waals surface area contributed by atoms with Crippen molar-refractivity contribution in [3.8, 4) is 5.69 Å². The summed E-state index contributed by atoms with van der Waals surface area (Å²) >= 11 is 6.23. The van der Waals surface area contributed by atoms with Gasteiger partial charge in [-0.3, -0.25) is 4.79 Å². The Kier molecular flexibility index (Phi) is 3.71. The zero-order valence-electron chi connectivity index (χ0n) is 10.8. The molecular formula is C14H15ClN4O. The van der Waals surface area contributed by atoms with Crippen LogP contribution in [0.3, 0.4) is 0 Å². The predicted octanol–water partition coefficient (Wildman–Crippen LogP) is 2.07.